The van der Waals surface area contributed by atoms with Crippen molar-refractivity contribution in [3.63, 3.8) is 0 Å². The van der Waals surface area contributed by atoms with E-state index in [1.165, 1.54) is 0 Å². The molecular weight excluding hydrogens is 388 g/mol. The number of aryl methyl sites for hydroxylation is 1. The fraction of sp³-hybridized carbons (Fsp3) is 0.231. The second-order valence-corrected chi connectivity index (χ2v) is 7.28. The van der Waals surface area contributed by atoms with Crippen LogP contribution in [0, 0.1) is 0 Å². The molecule has 0 bridgehead atoms. The molecule has 1 atom stereocenters. The largest absolute Gasteiger partial charge is 0.497 e. The van der Waals surface area contributed by atoms with Crippen molar-refractivity contribution >= 4 is 11.8 Å². The standard InChI is InChI=1S/C26H28N2O3/c1-27-26(30)25(22-11-7-4-8-12-22)28(19-21-13-16-23(31-2)17-14-21)24(29)18-15-20-9-5-3-6-10-20/h3-14,16-17,25H,15,18-19H2,1-2H3,(H,27,30)/t25-/m1/s1. The van der Waals surface area contributed by atoms with Crippen molar-refractivity contribution in [1.29, 1.82) is 0 Å². The minimum atomic E-state index is -0.712. The number of hydrogen-bond acceptors (Lipinski definition) is 3. The molecule has 5 nitrogen and oxygen atoms in total. The van der Waals surface area contributed by atoms with Gasteiger partial charge in [0.05, 0.1) is 7.11 Å². The molecule has 0 aliphatic rings. The summed E-state index contributed by atoms with van der Waals surface area (Å²) in [5.74, 6) is 0.460. The first-order valence-corrected chi connectivity index (χ1v) is 10.3. The van der Waals surface area contributed by atoms with Gasteiger partial charge in [-0.05, 0) is 35.2 Å². The van der Waals surface area contributed by atoms with E-state index in [4.69, 9.17) is 4.74 Å². The number of carbonyl (C=O) groups excluding carboxylic acids is 2. The van der Waals surface area contributed by atoms with Crippen LogP contribution in [0.15, 0.2) is 84.9 Å². The Morgan fingerprint density at radius 2 is 1.48 bits per heavy atom. The van der Waals surface area contributed by atoms with Crippen molar-refractivity contribution in [2.75, 3.05) is 14.2 Å². The van der Waals surface area contributed by atoms with Crippen molar-refractivity contribution in [1.82, 2.24) is 10.2 Å². The first kappa shape index (κ1) is 22.1. The van der Waals surface area contributed by atoms with Crippen LogP contribution in [-0.2, 0) is 22.6 Å². The number of likely N-dealkylation sites (N-methyl/N-ethyl adjacent to an activating group) is 1. The fourth-order valence-corrected chi connectivity index (χ4v) is 3.54. The number of ether oxygens (including phenoxy) is 1. The molecule has 3 aromatic rings. The van der Waals surface area contributed by atoms with Crippen molar-refractivity contribution in [2.45, 2.75) is 25.4 Å². The van der Waals surface area contributed by atoms with Gasteiger partial charge in [-0.2, -0.15) is 0 Å². The first-order chi connectivity index (χ1) is 15.1. The molecule has 5 heteroatoms. The van der Waals surface area contributed by atoms with Crippen LogP contribution in [0.25, 0.3) is 0 Å². The molecule has 0 saturated carbocycles. The van der Waals surface area contributed by atoms with Gasteiger partial charge in [0.1, 0.15) is 11.8 Å². The van der Waals surface area contributed by atoms with Crippen LogP contribution in [0.4, 0.5) is 0 Å². The molecule has 3 aromatic carbocycles. The van der Waals surface area contributed by atoms with Crippen molar-refractivity contribution < 1.29 is 14.3 Å². The van der Waals surface area contributed by atoms with Crippen molar-refractivity contribution in [2.24, 2.45) is 0 Å². The summed E-state index contributed by atoms with van der Waals surface area (Å²) in [5, 5.41) is 2.72. The summed E-state index contributed by atoms with van der Waals surface area (Å²) in [5.41, 5.74) is 2.80. The monoisotopic (exact) mass is 416 g/mol. The fourth-order valence-electron chi connectivity index (χ4n) is 3.54. The van der Waals surface area contributed by atoms with Crippen LogP contribution in [0.5, 0.6) is 5.75 Å². The van der Waals surface area contributed by atoms with E-state index < -0.39 is 6.04 Å². The van der Waals surface area contributed by atoms with Crippen LogP contribution in [0.3, 0.4) is 0 Å². The van der Waals surface area contributed by atoms with Gasteiger partial charge in [-0.15, -0.1) is 0 Å². The van der Waals surface area contributed by atoms with Gasteiger partial charge in [0.2, 0.25) is 11.8 Å². The third-order valence-corrected chi connectivity index (χ3v) is 5.22. The van der Waals surface area contributed by atoms with Crippen LogP contribution in [0.1, 0.15) is 29.2 Å². The lowest BCUT2D eigenvalue weighted by Gasteiger charge is -2.31. The summed E-state index contributed by atoms with van der Waals surface area (Å²) in [4.78, 5) is 28.0. The van der Waals surface area contributed by atoms with Gasteiger partial charge < -0.3 is 15.0 Å². The summed E-state index contributed by atoms with van der Waals surface area (Å²) in [6, 6.07) is 26.2. The zero-order valence-electron chi connectivity index (χ0n) is 18.0. The molecule has 31 heavy (non-hydrogen) atoms. The minimum absolute atomic E-state index is 0.0721. The SMILES string of the molecule is CNC(=O)[C@@H](c1ccccc1)N(Cc1ccc(OC)cc1)C(=O)CCc1ccccc1. The van der Waals surface area contributed by atoms with Crippen LogP contribution >= 0.6 is 0 Å². The third kappa shape index (κ3) is 5.95. The molecular formula is C26H28N2O3. The number of hydrogen-bond donors (Lipinski definition) is 1. The predicted octanol–water partition coefficient (Wildman–Crippen LogP) is 4.14. The number of rotatable bonds is 9. The van der Waals surface area contributed by atoms with Crippen LogP contribution in [0.2, 0.25) is 0 Å². The van der Waals surface area contributed by atoms with E-state index in [1.54, 1.807) is 19.1 Å². The quantitative estimate of drug-likeness (QED) is 0.570. The second kappa shape index (κ2) is 11.0. The number of nitrogens with zero attached hydrogens (tertiary/aromatic N) is 1. The molecule has 0 heterocycles. The van der Waals surface area contributed by atoms with Gasteiger partial charge in [-0.1, -0.05) is 72.8 Å². The van der Waals surface area contributed by atoms with Gasteiger partial charge in [0.15, 0.2) is 0 Å². The molecule has 0 unspecified atom stereocenters. The lowest BCUT2D eigenvalue weighted by atomic mass is 10.0. The Labute approximate surface area is 183 Å². The Hall–Kier alpha value is -3.60. The smallest absolute Gasteiger partial charge is 0.247 e. The topological polar surface area (TPSA) is 58.6 Å². The van der Waals surface area contributed by atoms with E-state index in [0.717, 1.165) is 22.4 Å². The molecule has 0 aliphatic carbocycles. The van der Waals surface area contributed by atoms with E-state index in [2.05, 4.69) is 5.32 Å². The zero-order valence-corrected chi connectivity index (χ0v) is 18.0. The van der Waals surface area contributed by atoms with Gasteiger partial charge in [0, 0.05) is 20.0 Å². The number of benzene rings is 3. The lowest BCUT2D eigenvalue weighted by Crippen LogP contribution is -2.42. The van der Waals surface area contributed by atoms with Gasteiger partial charge in [0.25, 0.3) is 0 Å². The highest BCUT2D eigenvalue weighted by Gasteiger charge is 2.30. The Balaban J connectivity index is 1.90. The van der Waals surface area contributed by atoms with E-state index in [-0.39, 0.29) is 11.8 Å². The van der Waals surface area contributed by atoms with Crippen LogP contribution < -0.4 is 10.1 Å². The highest BCUT2D eigenvalue weighted by Crippen LogP contribution is 2.25. The number of amides is 2. The molecule has 2 amide bonds. The summed E-state index contributed by atoms with van der Waals surface area (Å²) in [6.07, 6.45) is 0.939. The minimum Gasteiger partial charge on any atom is -0.497 e. The third-order valence-electron chi connectivity index (χ3n) is 5.22. The summed E-state index contributed by atoms with van der Waals surface area (Å²) < 4.78 is 5.24. The Morgan fingerprint density at radius 3 is 2.06 bits per heavy atom. The van der Waals surface area contributed by atoms with E-state index in [9.17, 15) is 9.59 Å². The molecule has 0 radical (unpaired) electrons. The zero-order chi connectivity index (χ0) is 22.1. The maximum atomic E-state index is 13.4. The van der Waals surface area contributed by atoms with Crippen molar-refractivity contribution in [3.05, 3.63) is 102 Å². The summed E-state index contributed by atoms with van der Waals surface area (Å²) in [7, 11) is 3.21. The van der Waals surface area contributed by atoms with E-state index in [1.807, 2.05) is 84.9 Å². The highest BCUT2D eigenvalue weighted by molar-refractivity contribution is 5.88. The molecule has 3 rings (SSSR count). The highest BCUT2D eigenvalue weighted by atomic mass is 16.5. The molecule has 0 fully saturated rings. The average Bonchev–Trinajstić information content (AvgIpc) is 2.83. The van der Waals surface area contributed by atoms with Gasteiger partial charge >= 0.3 is 0 Å². The van der Waals surface area contributed by atoms with Gasteiger partial charge in [-0.25, -0.2) is 0 Å². The first-order valence-electron chi connectivity index (χ1n) is 10.3. The predicted molar refractivity (Wildman–Crippen MR) is 122 cm³/mol. The number of methoxy groups -OCH3 is 1. The van der Waals surface area contributed by atoms with E-state index in [0.29, 0.717) is 19.4 Å². The Kier molecular flexibility index (Phi) is 7.82. The molecule has 0 aliphatic heterocycles. The summed E-state index contributed by atoms with van der Waals surface area (Å²) >= 11 is 0. The van der Waals surface area contributed by atoms with Gasteiger partial charge in [-0.3, -0.25) is 9.59 Å². The van der Waals surface area contributed by atoms with Crippen molar-refractivity contribution in [3.8, 4) is 5.75 Å². The van der Waals surface area contributed by atoms with Crippen LogP contribution in [-0.4, -0.2) is 30.9 Å². The normalized spacial score (nSPS) is 11.4. The average molecular weight is 417 g/mol. The molecule has 0 spiro atoms. The lowest BCUT2D eigenvalue weighted by molar-refractivity contribution is -0.141. The second-order valence-electron chi connectivity index (χ2n) is 7.28. The number of carbonyl (C=O) groups is 2. The summed E-state index contributed by atoms with van der Waals surface area (Å²) in [6.45, 7) is 0.324. The Bertz CT molecular complexity index is 973. The van der Waals surface area contributed by atoms with E-state index >= 15 is 0 Å². The molecule has 0 saturated heterocycles. The molecule has 1 N–H and O–H groups in total. The Morgan fingerprint density at radius 1 is 0.871 bits per heavy atom. The number of nitrogens with one attached hydrogen (secondary N) is 1. The molecule has 160 valence electrons. The molecule has 0 aromatic heterocycles. The maximum absolute atomic E-state index is 13.4. The maximum Gasteiger partial charge on any atom is 0.247 e.